The van der Waals surface area contributed by atoms with E-state index in [1.165, 1.54) is 30.9 Å². The fourth-order valence-electron chi connectivity index (χ4n) is 8.43. The van der Waals surface area contributed by atoms with Gasteiger partial charge in [-0.2, -0.15) is 17.0 Å². The molecule has 0 bridgehead atoms. The van der Waals surface area contributed by atoms with Crippen molar-refractivity contribution < 1.29 is 46.9 Å². The van der Waals surface area contributed by atoms with E-state index in [-0.39, 0.29) is 51.0 Å². The third-order valence-electron chi connectivity index (χ3n) is 12.3. The average molecular weight is 955 g/mol. The number of nitrogens with zero attached hydrogens (tertiary/aromatic N) is 5. The molecule has 0 radical (unpaired) electrons. The first-order valence-corrected chi connectivity index (χ1v) is 25.1. The number of aliphatic carboxylic acids is 1. The van der Waals surface area contributed by atoms with E-state index in [1.54, 1.807) is 52.2 Å². The monoisotopic (exact) mass is 954 g/mol. The van der Waals surface area contributed by atoms with Crippen LogP contribution in [0.4, 0.5) is 9.93 Å². The van der Waals surface area contributed by atoms with E-state index in [9.17, 15) is 32.7 Å². The van der Waals surface area contributed by atoms with Crippen LogP contribution in [0.3, 0.4) is 0 Å². The smallest absolute Gasteiger partial charge is 0.408 e. The van der Waals surface area contributed by atoms with Crippen molar-refractivity contribution in [3.05, 3.63) is 41.8 Å². The number of amides is 3. The highest BCUT2D eigenvalue weighted by Crippen LogP contribution is 2.36. The lowest BCUT2D eigenvalue weighted by Gasteiger charge is -2.34. The molecular formula is C46H66N8O10S2. The summed E-state index contributed by atoms with van der Waals surface area (Å²) in [5, 5.41) is 22.6. The van der Waals surface area contributed by atoms with Crippen LogP contribution in [0.15, 0.2) is 41.8 Å². The molecule has 0 spiro atoms. The zero-order valence-electron chi connectivity index (χ0n) is 39.5. The number of carbonyl (C=O) groups is 4. The molecule has 3 aliphatic rings. The Morgan fingerprint density at radius 1 is 1.06 bits per heavy atom. The van der Waals surface area contributed by atoms with Crippen molar-refractivity contribution in [2.24, 2.45) is 5.41 Å². The number of rotatable bonds is 13. The second-order valence-corrected chi connectivity index (χ2v) is 21.6. The first-order chi connectivity index (χ1) is 31.1. The molecule has 2 fully saturated rings. The molecule has 3 aromatic rings. The van der Waals surface area contributed by atoms with Gasteiger partial charge in [0, 0.05) is 59.9 Å². The number of nitrogens with one attached hydrogen (secondary N) is 3. The van der Waals surface area contributed by atoms with Crippen molar-refractivity contribution in [2.45, 2.75) is 142 Å². The van der Waals surface area contributed by atoms with Crippen LogP contribution >= 0.6 is 11.3 Å². The number of aromatic nitrogens is 2. The predicted octanol–water partition coefficient (Wildman–Crippen LogP) is 6.19. The summed E-state index contributed by atoms with van der Waals surface area (Å²) in [7, 11) is -2.23. The maximum absolute atomic E-state index is 14.9. The molecule has 5 heterocycles. The van der Waals surface area contributed by atoms with Gasteiger partial charge in [-0.05, 0) is 65.5 Å². The Morgan fingerprint density at radius 2 is 1.82 bits per heavy atom. The average Bonchev–Trinajstić information content (AvgIpc) is 3.97. The number of fused-ring (bicyclic) bond motifs is 2. The molecule has 18 nitrogen and oxygen atoms in total. The Hall–Kier alpha value is -5.05. The van der Waals surface area contributed by atoms with E-state index in [1.807, 2.05) is 46.1 Å². The number of hydrogen-bond donors (Lipinski definition) is 4. The van der Waals surface area contributed by atoms with Crippen LogP contribution in [0.25, 0.3) is 22.3 Å². The first-order valence-electron chi connectivity index (χ1n) is 22.8. The van der Waals surface area contributed by atoms with E-state index in [0.717, 1.165) is 5.13 Å². The maximum Gasteiger partial charge on any atom is 0.408 e. The van der Waals surface area contributed by atoms with Gasteiger partial charge in [0.15, 0.2) is 10.7 Å². The number of ether oxygens (including phenoxy) is 3. The summed E-state index contributed by atoms with van der Waals surface area (Å²) in [6.45, 7) is 15.3. The SMILES string of the molecule is CC[C@]1(C(=O)O)/C=C\CCCCC[C@H](NC(=O)OC(CN2CCN(C(C)C)S2(=O)=O)C(C)(C)C)C(=O)N2C[C@H](Oc3cc(-c4csc(NC(C)C)n4)nc4cc(OC)ccc34)C[C@H]2C(=O)N1. The van der Waals surface area contributed by atoms with Crippen LogP contribution in [0.5, 0.6) is 11.5 Å². The van der Waals surface area contributed by atoms with Crippen molar-refractivity contribution in [3.63, 3.8) is 0 Å². The van der Waals surface area contributed by atoms with Crippen LogP contribution in [-0.4, -0.2) is 136 Å². The summed E-state index contributed by atoms with van der Waals surface area (Å²) in [6.07, 6.45) is 3.38. The minimum Gasteiger partial charge on any atom is -0.497 e. The molecule has 362 valence electrons. The highest BCUT2D eigenvalue weighted by Gasteiger charge is 2.47. The molecule has 6 rings (SSSR count). The lowest BCUT2D eigenvalue weighted by atomic mass is 9.89. The molecule has 1 aromatic carbocycles. The van der Waals surface area contributed by atoms with E-state index < -0.39 is 69.3 Å². The molecule has 4 N–H and O–H groups in total. The number of benzene rings is 1. The summed E-state index contributed by atoms with van der Waals surface area (Å²) in [4.78, 5) is 67.3. The van der Waals surface area contributed by atoms with Crippen molar-refractivity contribution >= 4 is 61.5 Å². The third kappa shape index (κ3) is 11.5. The summed E-state index contributed by atoms with van der Waals surface area (Å²) < 4.78 is 47.8. The van der Waals surface area contributed by atoms with Crippen molar-refractivity contribution in [1.29, 1.82) is 0 Å². The zero-order chi connectivity index (χ0) is 48.1. The van der Waals surface area contributed by atoms with Gasteiger partial charge in [0.2, 0.25) is 11.8 Å². The topological polar surface area (TPSA) is 222 Å². The molecule has 0 aliphatic carbocycles. The minimum atomic E-state index is -3.79. The summed E-state index contributed by atoms with van der Waals surface area (Å²) in [6, 6.07) is 4.75. The number of thiazole rings is 1. The van der Waals surface area contributed by atoms with Gasteiger partial charge in [-0.3, -0.25) is 9.59 Å². The Morgan fingerprint density at radius 3 is 2.47 bits per heavy atom. The molecule has 0 saturated carbocycles. The van der Waals surface area contributed by atoms with Crippen molar-refractivity contribution in [3.8, 4) is 22.9 Å². The van der Waals surface area contributed by atoms with Crippen LogP contribution in [0, 0.1) is 5.41 Å². The van der Waals surface area contributed by atoms with E-state index >= 15 is 0 Å². The lowest BCUT2D eigenvalue weighted by Crippen LogP contribution is -2.59. The van der Waals surface area contributed by atoms with Gasteiger partial charge in [-0.1, -0.05) is 52.7 Å². The highest BCUT2D eigenvalue weighted by molar-refractivity contribution is 7.87. The number of allylic oxidation sites excluding steroid dienone is 1. The van der Waals surface area contributed by atoms with Gasteiger partial charge in [0.1, 0.15) is 41.5 Å². The third-order valence-corrected chi connectivity index (χ3v) is 15.2. The molecule has 2 saturated heterocycles. The van der Waals surface area contributed by atoms with Crippen LogP contribution in [-0.2, 0) is 29.3 Å². The summed E-state index contributed by atoms with van der Waals surface area (Å²) >= 11 is 1.44. The molecular weight excluding hydrogens is 889 g/mol. The van der Waals surface area contributed by atoms with Gasteiger partial charge in [-0.15, -0.1) is 11.3 Å². The number of pyridine rings is 1. The standard InChI is InChI=1S/C46H66N8O10S2/c1-10-46(42(57)58)19-15-13-11-12-14-16-33(50-44(59)64-39(45(6,7)8)26-52-20-21-54(29(4)5)66(52,60)61)41(56)53-25-31(23-37(53)40(55)51-46)63-38-24-35(36-27-65-43(49-36)47-28(2)3)48-34-22-30(62-9)17-18-32(34)38/h15,17-19,22,24,27-29,31,33,37,39H,10-14,16,20-21,23,25-26H2,1-9H3,(H,47,49)(H,50,59)(H,51,55)(H,57,58)/b19-15-/t31-,33+,37+,39?,46-/m1/s1. The molecule has 5 atom stereocenters. The minimum absolute atomic E-state index is 0.00384. The molecule has 20 heteroatoms. The first kappa shape index (κ1) is 50.4. The Bertz CT molecular complexity index is 2380. The van der Waals surface area contributed by atoms with Gasteiger partial charge < -0.3 is 40.2 Å². The number of anilines is 1. The summed E-state index contributed by atoms with van der Waals surface area (Å²) in [5.74, 6) is -1.49. The van der Waals surface area contributed by atoms with Crippen molar-refractivity contribution in [2.75, 3.05) is 38.6 Å². The lowest BCUT2D eigenvalue weighted by molar-refractivity contribution is -0.147. The van der Waals surface area contributed by atoms with Gasteiger partial charge in [0.05, 0.1) is 31.4 Å². The fourth-order valence-corrected chi connectivity index (χ4v) is 11.1. The predicted molar refractivity (Wildman–Crippen MR) is 253 cm³/mol. The van der Waals surface area contributed by atoms with Gasteiger partial charge in [-0.25, -0.2) is 19.6 Å². The summed E-state index contributed by atoms with van der Waals surface area (Å²) in [5.41, 5.74) is -0.717. The molecule has 3 amide bonds. The quantitative estimate of drug-likeness (QED) is 0.141. The number of carboxylic acids is 1. The van der Waals surface area contributed by atoms with E-state index in [4.69, 9.17) is 24.2 Å². The Balaban J connectivity index is 1.32. The number of methoxy groups -OCH3 is 1. The van der Waals surface area contributed by atoms with Gasteiger partial charge in [0.25, 0.3) is 10.2 Å². The zero-order valence-corrected chi connectivity index (χ0v) is 41.1. The molecule has 3 aliphatic heterocycles. The maximum atomic E-state index is 14.9. The second-order valence-electron chi connectivity index (χ2n) is 18.9. The normalized spacial score (nSPS) is 24.4. The van der Waals surface area contributed by atoms with Crippen molar-refractivity contribution in [1.82, 2.24) is 34.1 Å². The van der Waals surface area contributed by atoms with E-state index in [0.29, 0.717) is 66.0 Å². The molecule has 1 unspecified atom stereocenters. The Kier molecular flexibility index (Phi) is 15.9. The highest BCUT2D eigenvalue weighted by atomic mass is 32.2. The van der Waals surface area contributed by atoms with Crippen LogP contribution < -0.4 is 25.4 Å². The number of hydrogen-bond acceptors (Lipinski definition) is 13. The largest absolute Gasteiger partial charge is 0.497 e. The molecule has 66 heavy (non-hydrogen) atoms. The van der Waals surface area contributed by atoms with Crippen LogP contribution in [0.1, 0.15) is 100 Å². The van der Waals surface area contributed by atoms with E-state index in [2.05, 4.69) is 16.0 Å². The number of carbonyl (C=O) groups excluding carboxylic acids is 3. The number of alkyl carbamates (subject to hydrolysis) is 1. The fraction of sp³-hybridized carbons (Fsp3) is 0.609. The van der Waals surface area contributed by atoms with Crippen LogP contribution in [0.2, 0.25) is 0 Å². The number of carboxylic acid groups (broad SMARTS) is 1. The molecule has 2 aromatic heterocycles. The van der Waals surface area contributed by atoms with Gasteiger partial charge >= 0.3 is 12.1 Å². The second kappa shape index (κ2) is 20.9. The Labute approximate surface area is 392 Å².